The monoisotopic (exact) mass is 292 g/mol. The highest BCUT2D eigenvalue weighted by molar-refractivity contribution is 5.92. The highest BCUT2D eigenvalue weighted by Gasteiger charge is 2.08. The molecule has 0 aliphatic rings. The minimum Gasteiger partial charge on any atom is -0.478 e. The zero-order valence-corrected chi connectivity index (χ0v) is 12.8. The Kier molecular flexibility index (Phi) is 7.51. The van der Waals surface area contributed by atoms with Crippen molar-refractivity contribution in [1.29, 1.82) is 0 Å². The topological polar surface area (TPSA) is 63.6 Å². The molecule has 0 saturated heterocycles. The highest BCUT2D eigenvalue weighted by Crippen LogP contribution is 2.10. The van der Waals surface area contributed by atoms with E-state index in [0.717, 1.165) is 18.8 Å². The third-order valence-electron chi connectivity index (χ3n) is 3.28. The van der Waals surface area contributed by atoms with Crippen LogP contribution >= 0.6 is 0 Å². The van der Waals surface area contributed by atoms with Crippen molar-refractivity contribution in [2.24, 2.45) is 5.92 Å². The third kappa shape index (κ3) is 6.93. The average Bonchev–Trinajstić information content (AvgIpc) is 2.45. The van der Waals surface area contributed by atoms with Gasteiger partial charge in [0.25, 0.3) is 0 Å². The number of carboxylic acids is 1. The number of hydrogen-bond donors (Lipinski definition) is 1. The minimum atomic E-state index is -1.00. The summed E-state index contributed by atoms with van der Waals surface area (Å²) in [6.07, 6.45) is 5.58. The number of aromatic carboxylic acids is 1. The smallest absolute Gasteiger partial charge is 0.338 e. The molecule has 1 aromatic rings. The van der Waals surface area contributed by atoms with Gasteiger partial charge in [-0.3, -0.25) is 0 Å². The number of rotatable bonds is 9. The number of ether oxygens (including phenoxy) is 1. The molecular weight excluding hydrogens is 268 g/mol. The van der Waals surface area contributed by atoms with E-state index < -0.39 is 11.9 Å². The molecule has 0 aliphatic heterocycles. The first kappa shape index (κ1) is 17.2. The van der Waals surface area contributed by atoms with Crippen LogP contribution in [0.2, 0.25) is 0 Å². The van der Waals surface area contributed by atoms with Crippen LogP contribution in [0.5, 0.6) is 0 Å². The van der Waals surface area contributed by atoms with Crippen LogP contribution in [0.25, 0.3) is 0 Å². The van der Waals surface area contributed by atoms with Gasteiger partial charge in [-0.15, -0.1) is 0 Å². The van der Waals surface area contributed by atoms with Gasteiger partial charge in [0, 0.05) is 0 Å². The van der Waals surface area contributed by atoms with Crippen molar-refractivity contribution in [3.05, 3.63) is 35.4 Å². The summed E-state index contributed by atoms with van der Waals surface area (Å²) in [4.78, 5) is 22.4. The summed E-state index contributed by atoms with van der Waals surface area (Å²) >= 11 is 0. The number of carbonyl (C=O) groups excluding carboxylic acids is 1. The van der Waals surface area contributed by atoms with Crippen LogP contribution in [-0.4, -0.2) is 23.7 Å². The minimum absolute atomic E-state index is 0.164. The molecule has 0 radical (unpaired) electrons. The van der Waals surface area contributed by atoms with Gasteiger partial charge in [0.05, 0.1) is 17.7 Å². The van der Waals surface area contributed by atoms with Crippen LogP contribution in [0, 0.1) is 5.92 Å². The van der Waals surface area contributed by atoms with E-state index in [9.17, 15) is 9.59 Å². The number of hydrogen-bond acceptors (Lipinski definition) is 3. The molecule has 0 bridgehead atoms. The lowest BCUT2D eigenvalue weighted by atomic mass is 10.0. The van der Waals surface area contributed by atoms with Crippen LogP contribution in [0.4, 0.5) is 0 Å². The van der Waals surface area contributed by atoms with Crippen LogP contribution in [0.3, 0.4) is 0 Å². The van der Waals surface area contributed by atoms with Gasteiger partial charge >= 0.3 is 11.9 Å². The number of carboxylic acid groups (broad SMARTS) is 1. The molecule has 0 amide bonds. The van der Waals surface area contributed by atoms with E-state index in [2.05, 4.69) is 13.8 Å². The Bertz CT molecular complexity index is 448. The Morgan fingerprint density at radius 1 is 1.00 bits per heavy atom. The second kappa shape index (κ2) is 9.16. The van der Waals surface area contributed by atoms with Crippen molar-refractivity contribution in [3.63, 3.8) is 0 Å². The van der Waals surface area contributed by atoms with Crippen molar-refractivity contribution in [2.75, 3.05) is 6.61 Å². The molecule has 1 N–H and O–H groups in total. The summed E-state index contributed by atoms with van der Waals surface area (Å²) in [6.45, 7) is 4.86. The summed E-state index contributed by atoms with van der Waals surface area (Å²) in [5, 5.41) is 8.78. The van der Waals surface area contributed by atoms with E-state index in [4.69, 9.17) is 9.84 Å². The predicted octanol–water partition coefficient (Wildman–Crippen LogP) is 4.15. The molecule has 116 valence electrons. The predicted molar refractivity (Wildman–Crippen MR) is 81.6 cm³/mol. The van der Waals surface area contributed by atoms with Gasteiger partial charge in [-0.05, 0) is 36.6 Å². The Labute approximate surface area is 126 Å². The Balaban J connectivity index is 2.20. The maximum absolute atomic E-state index is 11.7. The van der Waals surface area contributed by atoms with Crippen molar-refractivity contribution >= 4 is 11.9 Å². The first-order valence-electron chi connectivity index (χ1n) is 7.51. The van der Waals surface area contributed by atoms with Gasteiger partial charge in [0.2, 0.25) is 0 Å². The van der Waals surface area contributed by atoms with E-state index >= 15 is 0 Å². The zero-order valence-electron chi connectivity index (χ0n) is 12.8. The Morgan fingerprint density at radius 3 is 2.14 bits per heavy atom. The summed E-state index contributed by atoms with van der Waals surface area (Å²) in [7, 11) is 0. The van der Waals surface area contributed by atoms with Crippen molar-refractivity contribution in [2.45, 2.75) is 46.0 Å². The standard InChI is InChI=1S/C17H24O4/c1-13(2)7-5-3-4-6-12-21-17(20)15-10-8-14(9-11-15)16(18)19/h8-11,13H,3-7,12H2,1-2H3,(H,18,19). The van der Waals surface area contributed by atoms with E-state index in [0.29, 0.717) is 12.2 Å². The second-order valence-corrected chi connectivity index (χ2v) is 5.62. The Morgan fingerprint density at radius 2 is 1.57 bits per heavy atom. The lowest BCUT2D eigenvalue weighted by molar-refractivity contribution is 0.0496. The molecule has 0 unspecified atom stereocenters. The summed E-state index contributed by atoms with van der Waals surface area (Å²) in [6, 6.07) is 5.78. The second-order valence-electron chi connectivity index (χ2n) is 5.62. The van der Waals surface area contributed by atoms with E-state index in [-0.39, 0.29) is 5.56 Å². The molecule has 0 heterocycles. The first-order chi connectivity index (χ1) is 10.0. The fourth-order valence-electron chi connectivity index (χ4n) is 2.01. The zero-order chi connectivity index (χ0) is 15.7. The number of unbranched alkanes of at least 4 members (excludes halogenated alkanes) is 3. The van der Waals surface area contributed by atoms with Gasteiger partial charge in [-0.1, -0.05) is 39.5 Å². The molecule has 1 rings (SSSR count). The van der Waals surface area contributed by atoms with Crippen LogP contribution in [0.1, 0.15) is 66.7 Å². The van der Waals surface area contributed by atoms with Crippen LogP contribution in [0.15, 0.2) is 24.3 Å². The molecule has 0 spiro atoms. The average molecular weight is 292 g/mol. The highest BCUT2D eigenvalue weighted by atomic mass is 16.5. The quantitative estimate of drug-likeness (QED) is 0.548. The molecule has 4 nitrogen and oxygen atoms in total. The van der Waals surface area contributed by atoms with Gasteiger partial charge in [0.1, 0.15) is 0 Å². The lowest BCUT2D eigenvalue weighted by Crippen LogP contribution is -2.07. The largest absolute Gasteiger partial charge is 0.478 e. The fraction of sp³-hybridized carbons (Fsp3) is 0.529. The number of carbonyl (C=O) groups is 2. The molecular formula is C17H24O4. The molecule has 21 heavy (non-hydrogen) atoms. The van der Waals surface area contributed by atoms with E-state index in [1.54, 1.807) is 0 Å². The molecule has 0 atom stereocenters. The molecule has 1 aromatic carbocycles. The fourth-order valence-corrected chi connectivity index (χ4v) is 2.01. The molecule has 0 saturated carbocycles. The summed E-state index contributed by atoms with van der Waals surface area (Å²) in [5.74, 6) is -0.651. The van der Waals surface area contributed by atoms with E-state index in [1.165, 1.54) is 43.5 Å². The van der Waals surface area contributed by atoms with Crippen LogP contribution in [-0.2, 0) is 4.74 Å². The van der Waals surface area contributed by atoms with Gasteiger partial charge in [0.15, 0.2) is 0 Å². The molecule has 0 aliphatic carbocycles. The van der Waals surface area contributed by atoms with Crippen molar-refractivity contribution in [1.82, 2.24) is 0 Å². The van der Waals surface area contributed by atoms with Crippen molar-refractivity contribution in [3.8, 4) is 0 Å². The van der Waals surface area contributed by atoms with Crippen LogP contribution < -0.4 is 0 Å². The molecule has 4 heteroatoms. The summed E-state index contributed by atoms with van der Waals surface area (Å²) in [5.41, 5.74) is 0.552. The first-order valence-corrected chi connectivity index (χ1v) is 7.51. The Hall–Kier alpha value is -1.84. The van der Waals surface area contributed by atoms with Gasteiger partial charge < -0.3 is 9.84 Å². The van der Waals surface area contributed by atoms with E-state index in [1.807, 2.05) is 0 Å². The third-order valence-corrected chi connectivity index (χ3v) is 3.28. The van der Waals surface area contributed by atoms with Gasteiger partial charge in [-0.25, -0.2) is 9.59 Å². The maximum Gasteiger partial charge on any atom is 0.338 e. The summed E-state index contributed by atoms with van der Waals surface area (Å²) < 4.78 is 5.17. The molecule has 0 fully saturated rings. The SMILES string of the molecule is CC(C)CCCCCCOC(=O)c1ccc(C(=O)O)cc1. The van der Waals surface area contributed by atoms with Crippen molar-refractivity contribution < 1.29 is 19.4 Å². The normalized spacial score (nSPS) is 10.6. The number of benzene rings is 1. The molecule has 0 aromatic heterocycles. The maximum atomic E-state index is 11.7. The number of esters is 1. The van der Waals surface area contributed by atoms with Gasteiger partial charge in [-0.2, -0.15) is 0 Å². The lowest BCUT2D eigenvalue weighted by Gasteiger charge is -2.06.